The number of nitrogens with two attached hydrogens (primary N) is 1. The topological polar surface area (TPSA) is 78.4 Å². The minimum Gasteiger partial charge on any atom is -0.457 e. The first-order valence-corrected chi connectivity index (χ1v) is 5.83. The van der Waals surface area contributed by atoms with Crippen LogP contribution in [0.5, 0.6) is 11.5 Å². The molecule has 0 amide bonds. The fourth-order valence-corrected chi connectivity index (χ4v) is 1.71. The Morgan fingerprint density at radius 2 is 1.84 bits per heavy atom. The van der Waals surface area contributed by atoms with Crippen molar-refractivity contribution in [2.24, 2.45) is 0 Å². The predicted octanol–water partition coefficient (Wildman–Crippen LogP) is 3.93. The molecule has 5 nitrogen and oxygen atoms in total. The quantitative estimate of drug-likeness (QED) is 0.524. The Labute approximate surface area is 114 Å². The second-order valence-electron chi connectivity index (χ2n) is 3.99. The second kappa shape index (κ2) is 5.16. The van der Waals surface area contributed by atoms with Gasteiger partial charge in [0.2, 0.25) is 0 Å². The van der Waals surface area contributed by atoms with E-state index >= 15 is 0 Å². The summed E-state index contributed by atoms with van der Waals surface area (Å²) in [5.74, 6) is 0.965. The highest BCUT2D eigenvalue weighted by Crippen LogP contribution is 2.30. The van der Waals surface area contributed by atoms with Crippen LogP contribution >= 0.6 is 11.6 Å². The minimum absolute atomic E-state index is 0.0562. The number of nitro benzene ring substituents is 1. The summed E-state index contributed by atoms with van der Waals surface area (Å²) < 4.78 is 5.54. The van der Waals surface area contributed by atoms with E-state index in [1.165, 1.54) is 18.2 Å². The summed E-state index contributed by atoms with van der Waals surface area (Å²) in [6.45, 7) is 1.88. The van der Waals surface area contributed by atoms with Crippen LogP contribution in [0.4, 0.5) is 11.4 Å². The maximum Gasteiger partial charge on any atom is 0.292 e. The molecular weight excluding hydrogens is 268 g/mol. The maximum atomic E-state index is 10.6. The van der Waals surface area contributed by atoms with Crippen molar-refractivity contribution in [3.05, 3.63) is 57.1 Å². The lowest BCUT2D eigenvalue weighted by Gasteiger charge is -2.07. The lowest BCUT2D eigenvalue weighted by Crippen LogP contribution is -1.96. The number of rotatable bonds is 3. The van der Waals surface area contributed by atoms with E-state index < -0.39 is 4.92 Å². The SMILES string of the molecule is Cc1ccc(Oc2ccc([N+](=O)[O-])c(N)c2)cc1Cl. The molecule has 2 aromatic rings. The van der Waals surface area contributed by atoms with Crippen LogP contribution in [-0.4, -0.2) is 4.92 Å². The van der Waals surface area contributed by atoms with Gasteiger partial charge in [0.05, 0.1) is 4.92 Å². The molecule has 0 fully saturated rings. The number of nitro groups is 1. The molecule has 2 N–H and O–H groups in total. The van der Waals surface area contributed by atoms with Gasteiger partial charge in [0, 0.05) is 17.2 Å². The summed E-state index contributed by atoms with van der Waals surface area (Å²) in [5, 5.41) is 11.2. The van der Waals surface area contributed by atoms with Crippen molar-refractivity contribution in [2.45, 2.75) is 6.92 Å². The molecule has 98 valence electrons. The number of aryl methyl sites for hydroxylation is 1. The standard InChI is InChI=1S/C13H11ClN2O3/c1-8-2-3-9(6-11(8)14)19-10-4-5-13(16(17)18)12(15)7-10/h2-7H,15H2,1H3. The monoisotopic (exact) mass is 278 g/mol. The minimum atomic E-state index is -0.540. The van der Waals surface area contributed by atoms with Gasteiger partial charge in [0.25, 0.3) is 5.69 Å². The first-order chi connectivity index (χ1) is 8.97. The van der Waals surface area contributed by atoms with E-state index in [4.69, 9.17) is 22.1 Å². The highest BCUT2D eigenvalue weighted by Gasteiger charge is 2.12. The molecule has 2 aromatic carbocycles. The molecule has 0 spiro atoms. The van der Waals surface area contributed by atoms with Gasteiger partial charge in [-0.15, -0.1) is 0 Å². The molecule has 0 bridgehead atoms. The Morgan fingerprint density at radius 1 is 1.21 bits per heavy atom. The number of hydrogen-bond donors (Lipinski definition) is 1. The van der Waals surface area contributed by atoms with Crippen molar-refractivity contribution in [1.29, 1.82) is 0 Å². The number of nitrogens with zero attached hydrogens (tertiary/aromatic N) is 1. The van der Waals surface area contributed by atoms with Gasteiger partial charge in [-0.3, -0.25) is 10.1 Å². The van der Waals surface area contributed by atoms with Gasteiger partial charge in [0.1, 0.15) is 17.2 Å². The van der Waals surface area contributed by atoms with Gasteiger partial charge in [0.15, 0.2) is 0 Å². The Bertz CT molecular complexity index is 644. The molecule has 19 heavy (non-hydrogen) atoms. The number of anilines is 1. The molecule has 0 saturated carbocycles. The van der Waals surface area contributed by atoms with E-state index in [1.807, 2.05) is 13.0 Å². The summed E-state index contributed by atoms with van der Waals surface area (Å²) in [6, 6.07) is 9.47. The number of hydrogen-bond acceptors (Lipinski definition) is 4. The molecule has 0 aliphatic heterocycles. The maximum absolute atomic E-state index is 10.6. The number of halogens is 1. The largest absolute Gasteiger partial charge is 0.457 e. The summed E-state index contributed by atoms with van der Waals surface area (Å²) >= 11 is 5.98. The first kappa shape index (κ1) is 13.2. The summed E-state index contributed by atoms with van der Waals surface area (Å²) in [5.41, 5.74) is 6.44. The third kappa shape index (κ3) is 2.95. The van der Waals surface area contributed by atoms with E-state index in [-0.39, 0.29) is 11.4 Å². The zero-order chi connectivity index (χ0) is 14.0. The zero-order valence-electron chi connectivity index (χ0n) is 10.1. The van der Waals surface area contributed by atoms with Crippen LogP contribution < -0.4 is 10.5 Å². The van der Waals surface area contributed by atoms with Crippen LogP contribution in [0.3, 0.4) is 0 Å². The summed E-state index contributed by atoms with van der Waals surface area (Å²) in [7, 11) is 0. The molecule has 2 rings (SSSR count). The highest BCUT2D eigenvalue weighted by molar-refractivity contribution is 6.31. The van der Waals surface area contributed by atoms with Crippen LogP contribution in [0.15, 0.2) is 36.4 Å². The molecule has 0 heterocycles. The zero-order valence-corrected chi connectivity index (χ0v) is 10.8. The Kier molecular flexibility index (Phi) is 3.57. The molecule has 0 unspecified atom stereocenters. The molecule has 6 heteroatoms. The van der Waals surface area contributed by atoms with Crippen LogP contribution in [0.25, 0.3) is 0 Å². The van der Waals surface area contributed by atoms with Gasteiger partial charge < -0.3 is 10.5 Å². The van der Waals surface area contributed by atoms with E-state index in [1.54, 1.807) is 12.1 Å². The summed E-state index contributed by atoms with van der Waals surface area (Å²) in [4.78, 5) is 10.1. The predicted molar refractivity (Wildman–Crippen MR) is 73.8 cm³/mol. The molecular formula is C13H11ClN2O3. The molecule has 0 radical (unpaired) electrons. The van der Waals surface area contributed by atoms with Gasteiger partial charge in [-0.25, -0.2) is 0 Å². The Hall–Kier alpha value is -2.27. The smallest absolute Gasteiger partial charge is 0.292 e. The summed E-state index contributed by atoms with van der Waals surface area (Å²) in [6.07, 6.45) is 0. The second-order valence-corrected chi connectivity index (χ2v) is 4.40. The van der Waals surface area contributed by atoms with Gasteiger partial charge in [-0.1, -0.05) is 17.7 Å². The number of ether oxygens (including phenoxy) is 1. The van der Waals surface area contributed by atoms with Crippen molar-refractivity contribution in [2.75, 3.05) is 5.73 Å². The highest BCUT2D eigenvalue weighted by atomic mass is 35.5. The van der Waals surface area contributed by atoms with Crippen molar-refractivity contribution >= 4 is 23.0 Å². The van der Waals surface area contributed by atoms with E-state index in [0.717, 1.165) is 5.56 Å². The van der Waals surface area contributed by atoms with Crippen LogP contribution in [-0.2, 0) is 0 Å². The third-order valence-electron chi connectivity index (χ3n) is 2.57. The molecule has 0 aliphatic carbocycles. The lowest BCUT2D eigenvalue weighted by atomic mass is 10.2. The Morgan fingerprint density at radius 3 is 2.42 bits per heavy atom. The number of nitrogen functional groups attached to an aromatic ring is 1. The number of benzene rings is 2. The molecule has 0 aliphatic rings. The molecule has 0 saturated heterocycles. The fraction of sp³-hybridized carbons (Fsp3) is 0.0769. The van der Waals surface area contributed by atoms with E-state index in [0.29, 0.717) is 16.5 Å². The third-order valence-corrected chi connectivity index (χ3v) is 2.98. The molecule has 0 atom stereocenters. The Balaban J connectivity index is 2.26. The van der Waals surface area contributed by atoms with Gasteiger partial charge >= 0.3 is 0 Å². The van der Waals surface area contributed by atoms with Crippen LogP contribution in [0.1, 0.15) is 5.56 Å². The average Bonchev–Trinajstić information content (AvgIpc) is 2.33. The van der Waals surface area contributed by atoms with Gasteiger partial charge in [-0.2, -0.15) is 0 Å². The normalized spacial score (nSPS) is 10.2. The van der Waals surface area contributed by atoms with E-state index in [9.17, 15) is 10.1 Å². The van der Waals surface area contributed by atoms with E-state index in [2.05, 4.69) is 0 Å². The average molecular weight is 279 g/mol. The van der Waals surface area contributed by atoms with Crippen molar-refractivity contribution in [1.82, 2.24) is 0 Å². The fourth-order valence-electron chi connectivity index (χ4n) is 1.54. The first-order valence-electron chi connectivity index (χ1n) is 5.45. The van der Waals surface area contributed by atoms with Crippen molar-refractivity contribution in [3.63, 3.8) is 0 Å². The lowest BCUT2D eigenvalue weighted by molar-refractivity contribution is -0.383. The molecule has 0 aromatic heterocycles. The van der Waals surface area contributed by atoms with Crippen LogP contribution in [0.2, 0.25) is 5.02 Å². The van der Waals surface area contributed by atoms with Crippen LogP contribution in [0, 0.1) is 17.0 Å². The van der Waals surface area contributed by atoms with Gasteiger partial charge in [-0.05, 0) is 30.7 Å². The van der Waals surface area contributed by atoms with Crippen molar-refractivity contribution in [3.8, 4) is 11.5 Å². The van der Waals surface area contributed by atoms with Crippen molar-refractivity contribution < 1.29 is 9.66 Å².